The zero-order valence-electron chi connectivity index (χ0n) is 19.2. The Hall–Kier alpha value is -3.11. The van der Waals surface area contributed by atoms with Crippen molar-refractivity contribution in [2.75, 3.05) is 61.4 Å². The van der Waals surface area contributed by atoms with E-state index in [2.05, 4.69) is 32.1 Å². The summed E-state index contributed by atoms with van der Waals surface area (Å²) in [7, 11) is 2.10. The number of nitrogens with one attached hydrogen (secondary N) is 1. The lowest BCUT2D eigenvalue weighted by atomic mass is 10.1. The summed E-state index contributed by atoms with van der Waals surface area (Å²) < 4.78 is 40.8. The first kappa shape index (κ1) is 23.6. The van der Waals surface area contributed by atoms with Gasteiger partial charge in [0.2, 0.25) is 0 Å². The van der Waals surface area contributed by atoms with E-state index in [4.69, 9.17) is 16.6 Å². The molecule has 1 saturated heterocycles. The molecule has 11 heteroatoms. The van der Waals surface area contributed by atoms with Crippen LogP contribution < -0.4 is 15.1 Å². The van der Waals surface area contributed by atoms with Crippen LogP contribution in [0.2, 0.25) is 5.02 Å². The molecule has 35 heavy (non-hydrogen) atoms. The quantitative estimate of drug-likeness (QED) is 0.566. The molecule has 2 aromatic heterocycles. The van der Waals surface area contributed by atoms with Crippen LogP contribution in [0.3, 0.4) is 0 Å². The number of benzene rings is 1. The van der Waals surface area contributed by atoms with Gasteiger partial charge in [0.05, 0.1) is 17.5 Å². The SMILES string of the molecule is CN1CCN(c2cc(-c3cnc4c(n3)N(Cc3cc(Cl)ccc3C(F)(F)F)CCN4)ccn2)CC1. The molecule has 2 aliphatic heterocycles. The second kappa shape index (κ2) is 9.50. The van der Waals surface area contributed by atoms with Crippen molar-refractivity contribution in [3.05, 3.63) is 58.9 Å². The summed E-state index contributed by atoms with van der Waals surface area (Å²) in [5.74, 6) is 1.93. The summed E-state index contributed by atoms with van der Waals surface area (Å²) >= 11 is 6.04. The van der Waals surface area contributed by atoms with E-state index in [0.717, 1.165) is 43.6 Å². The topological polar surface area (TPSA) is 60.4 Å². The average Bonchev–Trinajstić information content (AvgIpc) is 2.84. The summed E-state index contributed by atoms with van der Waals surface area (Å²) in [6.07, 6.45) is -1.04. The van der Waals surface area contributed by atoms with E-state index < -0.39 is 11.7 Å². The van der Waals surface area contributed by atoms with Crippen molar-refractivity contribution in [1.82, 2.24) is 19.9 Å². The van der Waals surface area contributed by atoms with Crippen LogP contribution in [0, 0.1) is 0 Å². The van der Waals surface area contributed by atoms with Crippen molar-refractivity contribution in [1.29, 1.82) is 0 Å². The van der Waals surface area contributed by atoms with Gasteiger partial charge >= 0.3 is 6.18 Å². The Morgan fingerprint density at radius 3 is 2.60 bits per heavy atom. The Morgan fingerprint density at radius 2 is 1.83 bits per heavy atom. The van der Waals surface area contributed by atoms with Crippen LogP contribution in [0.5, 0.6) is 0 Å². The molecule has 1 fully saturated rings. The maximum atomic E-state index is 13.6. The fourth-order valence-corrected chi connectivity index (χ4v) is 4.59. The number of hydrogen-bond acceptors (Lipinski definition) is 7. The summed E-state index contributed by atoms with van der Waals surface area (Å²) in [6.45, 7) is 4.77. The van der Waals surface area contributed by atoms with E-state index in [1.807, 2.05) is 17.0 Å². The number of alkyl halides is 3. The lowest BCUT2D eigenvalue weighted by Gasteiger charge is -2.33. The molecule has 2 aliphatic rings. The van der Waals surface area contributed by atoms with Gasteiger partial charge in [0, 0.05) is 62.6 Å². The molecular formula is C24H25ClF3N7. The molecule has 4 heterocycles. The van der Waals surface area contributed by atoms with Crippen LogP contribution in [0.4, 0.5) is 30.6 Å². The lowest BCUT2D eigenvalue weighted by Crippen LogP contribution is -2.44. The number of aromatic nitrogens is 3. The fraction of sp³-hybridized carbons (Fsp3) is 0.375. The van der Waals surface area contributed by atoms with E-state index in [0.29, 0.717) is 30.4 Å². The first-order chi connectivity index (χ1) is 16.8. The molecule has 1 N–H and O–H groups in total. The normalized spacial score (nSPS) is 16.7. The number of halogens is 4. The Bertz CT molecular complexity index is 1210. The summed E-state index contributed by atoms with van der Waals surface area (Å²) in [4.78, 5) is 20.2. The Morgan fingerprint density at radius 1 is 1.03 bits per heavy atom. The zero-order chi connectivity index (χ0) is 24.6. The summed E-state index contributed by atoms with van der Waals surface area (Å²) in [6, 6.07) is 7.52. The highest BCUT2D eigenvalue weighted by Gasteiger charge is 2.34. The van der Waals surface area contributed by atoms with Crippen molar-refractivity contribution in [3.63, 3.8) is 0 Å². The molecule has 7 nitrogen and oxygen atoms in total. The summed E-state index contributed by atoms with van der Waals surface area (Å²) in [5.41, 5.74) is 0.897. The third-order valence-electron chi connectivity index (χ3n) is 6.33. The minimum Gasteiger partial charge on any atom is -0.365 e. The molecule has 0 saturated carbocycles. The minimum absolute atomic E-state index is 0.0190. The van der Waals surface area contributed by atoms with E-state index in [9.17, 15) is 13.2 Å². The highest BCUT2D eigenvalue weighted by atomic mass is 35.5. The van der Waals surface area contributed by atoms with E-state index in [1.54, 1.807) is 12.4 Å². The number of piperazine rings is 1. The number of rotatable bonds is 4. The third-order valence-corrected chi connectivity index (χ3v) is 6.57. The standard InChI is InChI=1S/C24H25ClF3N7/c1-33-8-10-34(11-9-33)21-13-16(4-5-29-21)20-14-31-22-23(32-20)35(7-6-30-22)15-17-12-18(25)2-3-19(17)24(26,27)28/h2-5,12-14H,6-11,15H2,1H3,(H,30,31). The highest BCUT2D eigenvalue weighted by molar-refractivity contribution is 6.30. The number of hydrogen-bond donors (Lipinski definition) is 1. The molecule has 0 spiro atoms. The Kier molecular flexibility index (Phi) is 6.41. The second-order valence-electron chi connectivity index (χ2n) is 8.77. The van der Waals surface area contributed by atoms with Gasteiger partial charge in [-0.25, -0.2) is 15.0 Å². The number of fused-ring (bicyclic) bond motifs is 1. The fourth-order valence-electron chi connectivity index (χ4n) is 4.39. The van der Waals surface area contributed by atoms with Gasteiger partial charge in [-0.15, -0.1) is 0 Å². The maximum absolute atomic E-state index is 13.6. The van der Waals surface area contributed by atoms with Gasteiger partial charge in [0.1, 0.15) is 5.82 Å². The zero-order valence-corrected chi connectivity index (χ0v) is 19.9. The van der Waals surface area contributed by atoms with Gasteiger partial charge < -0.3 is 20.0 Å². The lowest BCUT2D eigenvalue weighted by molar-refractivity contribution is -0.138. The molecule has 3 aromatic rings. The van der Waals surface area contributed by atoms with Gasteiger partial charge in [-0.1, -0.05) is 11.6 Å². The highest BCUT2D eigenvalue weighted by Crippen LogP contribution is 2.36. The molecule has 0 amide bonds. The van der Waals surface area contributed by atoms with Crippen molar-refractivity contribution < 1.29 is 13.2 Å². The number of likely N-dealkylation sites (N-methyl/N-ethyl adjacent to an activating group) is 1. The molecule has 5 rings (SSSR count). The summed E-state index contributed by atoms with van der Waals surface area (Å²) in [5, 5.41) is 3.45. The smallest absolute Gasteiger partial charge is 0.365 e. The van der Waals surface area contributed by atoms with Gasteiger partial charge in [-0.2, -0.15) is 13.2 Å². The van der Waals surface area contributed by atoms with E-state index in [1.165, 1.54) is 12.1 Å². The van der Waals surface area contributed by atoms with Crippen molar-refractivity contribution in [3.8, 4) is 11.3 Å². The van der Waals surface area contributed by atoms with Crippen molar-refractivity contribution >= 4 is 29.1 Å². The van der Waals surface area contributed by atoms with E-state index >= 15 is 0 Å². The van der Waals surface area contributed by atoms with Crippen LogP contribution in [-0.2, 0) is 12.7 Å². The molecule has 0 radical (unpaired) electrons. The number of anilines is 3. The average molecular weight is 504 g/mol. The predicted molar refractivity (Wildman–Crippen MR) is 131 cm³/mol. The van der Waals surface area contributed by atoms with Crippen LogP contribution in [0.15, 0.2) is 42.7 Å². The third kappa shape index (κ3) is 5.13. The molecule has 1 aromatic carbocycles. The van der Waals surface area contributed by atoms with Crippen LogP contribution in [0.25, 0.3) is 11.3 Å². The van der Waals surface area contributed by atoms with Gasteiger partial charge in [-0.3, -0.25) is 0 Å². The monoisotopic (exact) mass is 503 g/mol. The molecule has 184 valence electrons. The van der Waals surface area contributed by atoms with Crippen molar-refractivity contribution in [2.24, 2.45) is 0 Å². The van der Waals surface area contributed by atoms with Crippen LogP contribution in [0.1, 0.15) is 11.1 Å². The van der Waals surface area contributed by atoms with Crippen molar-refractivity contribution in [2.45, 2.75) is 12.7 Å². The largest absolute Gasteiger partial charge is 0.416 e. The van der Waals surface area contributed by atoms with Crippen LogP contribution in [-0.4, -0.2) is 66.2 Å². The van der Waals surface area contributed by atoms with Gasteiger partial charge in [0.15, 0.2) is 11.6 Å². The molecule has 0 unspecified atom stereocenters. The van der Waals surface area contributed by atoms with Gasteiger partial charge in [0.25, 0.3) is 0 Å². The molecule has 0 atom stereocenters. The first-order valence-corrected chi connectivity index (χ1v) is 11.8. The Labute approximate surface area is 206 Å². The predicted octanol–water partition coefficient (Wildman–Crippen LogP) is 4.39. The minimum atomic E-state index is -4.47. The molecular weight excluding hydrogens is 479 g/mol. The number of pyridine rings is 1. The maximum Gasteiger partial charge on any atom is 0.416 e. The molecule has 0 bridgehead atoms. The molecule has 0 aliphatic carbocycles. The van der Waals surface area contributed by atoms with E-state index in [-0.39, 0.29) is 17.1 Å². The second-order valence-corrected chi connectivity index (χ2v) is 9.20. The van der Waals surface area contributed by atoms with Gasteiger partial charge in [-0.05, 0) is 42.9 Å². The Balaban J connectivity index is 1.45. The number of nitrogens with zero attached hydrogens (tertiary/aromatic N) is 6. The first-order valence-electron chi connectivity index (χ1n) is 11.4. The van der Waals surface area contributed by atoms with Crippen LogP contribution >= 0.6 is 11.6 Å².